The average Bonchev–Trinajstić information content (AvgIpc) is 3.00. The van der Waals surface area contributed by atoms with E-state index in [9.17, 15) is 4.79 Å². The predicted octanol–water partition coefficient (Wildman–Crippen LogP) is 5.96. The molecule has 0 aliphatic heterocycles. The molecule has 2 aromatic heterocycles. The highest BCUT2D eigenvalue weighted by Crippen LogP contribution is 2.37. The Kier molecular flexibility index (Phi) is 4.88. The van der Waals surface area contributed by atoms with Crippen molar-refractivity contribution < 1.29 is 9.36 Å². The number of nitrogens with zero attached hydrogens (tertiary/aromatic N) is 2. The van der Waals surface area contributed by atoms with Crippen LogP contribution in [0.2, 0.25) is 10.0 Å². The quantitative estimate of drug-likeness (QED) is 0.364. The van der Waals surface area contributed by atoms with Crippen molar-refractivity contribution in [3.05, 3.63) is 99.4 Å². The summed E-state index contributed by atoms with van der Waals surface area (Å²) in [6, 6.07) is 17.7. The van der Waals surface area contributed by atoms with Gasteiger partial charge in [-0.3, -0.25) is 4.79 Å². The van der Waals surface area contributed by atoms with Crippen LogP contribution in [-0.4, -0.2) is 10.4 Å². The van der Waals surface area contributed by atoms with E-state index >= 15 is 0 Å². The number of carbonyl (C=O) groups is 1. The number of aryl methyl sites for hydroxylation is 1. The van der Waals surface area contributed by atoms with Crippen LogP contribution in [-0.2, 0) is 13.0 Å². The summed E-state index contributed by atoms with van der Waals surface area (Å²) in [7, 11) is 0. The number of Topliss-reactive ketones (excluding diaryl/α,β-unsaturated/α-hetero) is 1. The Morgan fingerprint density at radius 1 is 1.10 bits per heavy atom. The van der Waals surface area contributed by atoms with E-state index in [1.165, 1.54) is 5.56 Å². The SMILES string of the molecule is Cc1c(Cl)c2c[n+](Cc3ccccc3)ccc2n1C1CCc2ccc(Cl)cc2C1=O. The Balaban J connectivity index is 1.57. The lowest BCUT2D eigenvalue weighted by Gasteiger charge is -2.26. The number of ketones is 1. The number of carbonyl (C=O) groups excluding carboxylic acids is 1. The molecule has 5 rings (SSSR count). The Labute approximate surface area is 185 Å². The Morgan fingerprint density at radius 2 is 1.90 bits per heavy atom. The molecule has 30 heavy (non-hydrogen) atoms. The van der Waals surface area contributed by atoms with E-state index < -0.39 is 0 Å². The number of fused-ring (bicyclic) bond motifs is 2. The number of rotatable bonds is 3. The number of hydrogen-bond donors (Lipinski definition) is 0. The van der Waals surface area contributed by atoms with Gasteiger partial charge in [0.05, 0.1) is 22.0 Å². The Morgan fingerprint density at radius 3 is 2.70 bits per heavy atom. The average molecular weight is 436 g/mol. The van der Waals surface area contributed by atoms with Crippen LogP contribution in [0.1, 0.15) is 39.6 Å². The molecule has 150 valence electrons. The second-order valence-electron chi connectivity index (χ2n) is 7.89. The molecule has 4 aromatic rings. The Bertz CT molecular complexity index is 1280. The minimum Gasteiger partial charge on any atom is -0.332 e. The first kappa shape index (κ1) is 19.3. The maximum atomic E-state index is 13.4. The molecule has 1 unspecified atom stereocenters. The van der Waals surface area contributed by atoms with Gasteiger partial charge in [-0.1, -0.05) is 59.6 Å². The van der Waals surface area contributed by atoms with Crippen molar-refractivity contribution in [3.8, 4) is 0 Å². The van der Waals surface area contributed by atoms with E-state index in [-0.39, 0.29) is 11.8 Å². The molecule has 0 amide bonds. The third-order valence-corrected chi connectivity index (χ3v) is 6.73. The van der Waals surface area contributed by atoms with Gasteiger partial charge in [-0.25, -0.2) is 0 Å². The lowest BCUT2D eigenvalue weighted by Crippen LogP contribution is -2.33. The van der Waals surface area contributed by atoms with E-state index in [0.717, 1.165) is 47.1 Å². The van der Waals surface area contributed by atoms with Gasteiger partial charge >= 0.3 is 0 Å². The van der Waals surface area contributed by atoms with Crippen LogP contribution in [0, 0.1) is 6.92 Å². The first-order chi connectivity index (χ1) is 14.5. The molecule has 3 nitrogen and oxygen atoms in total. The van der Waals surface area contributed by atoms with Crippen molar-refractivity contribution >= 4 is 39.9 Å². The summed E-state index contributed by atoms with van der Waals surface area (Å²) in [4.78, 5) is 13.4. The highest BCUT2D eigenvalue weighted by atomic mass is 35.5. The largest absolute Gasteiger partial charge is 0.332 e. The summed E-state index contributed by atoms with van der Waals surface area (Å²) in [5.74, 6) is 0.108. The minimum absolute atomic E-state index is 0.108. The standard InChI is InChI=1S/C25H21Cl2N2O/c1-16-24(27)21-15-28(14-17-5-3-2-4-6-17)12-11-22(21)29(16)23-10-8-18-7-9-19(26)13-20(18)25(23)30/h2-7,9,11-13,15,23H,8,10,14H2,1H3/q+1. The van der Waals surface area contributed by atoms with Gasteiger partial charge in [0.25, 0.3) is 0 Å². The van der Waals surface area contributed by atoms with Crippen molar-refractivity contribution in [1.82, 2.24) is 4.57 Å². The van der Waals surface area contributed by atoms with Crippen LogP contribution < -0.4 is 4.57 Å². The van der Waals surface area contributed by atoms with E-state index in [4.69, 9.17) is 23.2 Å². The molecule has 2 heterocycles. The minimum atomic E-state index is -0.268. The second-order valence-corrected chi connectivity index (χ2v) is 8.71. The molecule has 2 aromatic carbocycles. The van der Waals surface area contributed by atoms with Crippen molar-refractivity contribution in [3.63, 3.8) is 0 Å². The van der Waals surface area contributed by atoms with Gasteiger partial charge in [0.1, 0.15) is 0 Å². The maximum Gasteiger partial charge on any atom is 0.185 e. The number of aromatic nitrogens is 2. The highest BCUT2D eigenvalue weighted by Gasteiger charge is 2.32. The summed E-state index contributed by atoms with van der Waals surface area (Å²) in [5, 5.41) is 2.27. The van der Waals surface area contributed by atoms with Gasteiger partial charge in [0, 0.05) is 27.9 Å². The summed E-state index contributed by atoms with van der Waals surface area (Å²) in [6.45, 7) is 2.76. The number of halogens is 2. The number of pyridine rings is 1. The fourth-order valence-electron chi connectivity index (χ4n) is 4.53. The van der Waals surface area contributed by atoms with E-state index in [0.29, 0.717) is 10.0 Å². The fraction of sp³-hybridized carbons (Fsp3) is 0.200. The van der Waals surface area contributed by atoms with Crippen LogP contribution in [0.5, 0.6) is 0 Å². The van der Waals surface area contributed by atoms with Crippen molar-refractivity contribution in [2.45, 2.75) is 32.4 Å². The number of hydrogen-bond acceptors (Lipinski definition) is 1. The van der Waals surface area contributed by atoms with Gasteiger partial charge in [0.15, 0.2) is 24.7 Å². The van der Waals surface area contributed by atoms with Gasteiger partial charge in [0.2, 0.25) is 0 Å². The van der Waals surface area contributed by atoms with Crippen molar-refractivity contribution in [1.29, 1.82) is 0 Å². The molecule has 0 fully saturated rings. The summed E-state index contributed by atoms with van der Waals surface area (Å²) >= 11 is 12.9. The molecule has 1 atom stereocenters. The smallest absolute Gasteiger partial charge is 0.185 e. The van der Waals surface area contributed by atoms with Crippen molar-refractivity contribution in [2.24, 2.45) is 0 Å². The van der Waals surface area contributed by atoms with Crippen LogP contribution in [0.4, 0.5) is 0 Å². The molecule has 0 spiro atoms. The van der Waals surface area contributed by atoms with E-state index in [1.54, 1.807) is 6.07 Å². The lowest BCUT2D eigenvalue weighted by molar-refractivity contribution is -0.687. The summed E-state index contributed by atoms with van der Waals surface area (Å²) in [5.41, 5.74) is 4.94. The summed E-state index contributed by atoms with van der Waals surface area (Å²) < 4.78 is 4.24. The van der Waals surface area contributed by atoms with Gasteiger partial charge < -0.3 is 4.57 Å². The van der Waals surface area contributed by atoms with Crippen LogP contribution in [0.15, 0.2) is 67.0 Å². The molecule has 0 saturated heterocycles. The Hall–Kier alpha value is -2.62. The van der Waals surface area contributed by atoms with Crippen LogP contribution in [0.3, 0.4) is 0 Å². The molecule has 0 saturated carbocycles. The van der Waals surface area contributed by atoms with Gasteiger partial charge in [-0.15, -0.1) is 0 Å². The normalized spacial score (nSPS) is 16.1. The maximum absolute atomic E-state index is 13.4. The molecule has 0 N–H and O–H groups in total. The van der Waals surface area contributed by atoms with E-state index in [1.807, 2.05) is 37.3 Å². The van der Waals surface area contributed by atoms with Crippen molar-refractivity contribution in [2.75, 3.05) is 0 Å². The fourth-order valence-corrected chi connectivity index (χ4v) is 4.94. The zero-order chi connectivity index (χ0) is 20.8. The molecular formula is C25H21Cl2N2O+. The van der Waals surface area contributed by atoms with Gasteiger partial charge in [-0.05, 0) is 37.5 Å². The third-order valence-electron chi connectivity index (χ3n) is 6.02. The monoisotopic (exact) mass is 435 g/mol. The molecule has 5 heteroatoms. The van der Waals surface area contributed by atoms with Gasteiger partial charge in [-0.2, -0.15) is 4.57 Å². The molecule has 1 aliphatic rings. The first-order valence-corrected chi connectivity index (χ1v) is 10.8. The zero-order valence-electron chi connectivity index (χ0n) is 16.6. The number of benzene rings is 2. The lowest BCUT2D eigenvalue weighted by atomic mass is 9.87. The molecular weight excluding hydrogens is 415 g/mol. The third kappa shape index (κ3) is 3.23. The van der Waals surface area contributed by atoms with Crippen LogP contribution >= 0.6 is 23.2 Å². The molecule has 1 aliphatic carbocycles. The van der Waals surface area contributed by atoms with Crippen LogP contribution in [0.25, 0.3) is 10.9 Å². The summed E-state index contributed by atoms with van der Waals surface area (Å²) in [6.07, 6.45) is 5.74. The second kappa shape index (κ2) is 7.57. The molecule has 0 bridgehead atoms. The zero-order valence-corrected chi connectivity index (χ0v) is 18.1. The highest BCUT2D eigenvalue weighted by molar-refractivity contribution is 6.36. The van der Waals surface area contributed by atoms with E-state index in [2.05, 4.69) is 39.7 Å². The predicted molar refractivity (Wildman–Crippen MR) is 121 cm³/mol. The topological polar surface area (TPSA) is 25.9 Å². The first-order valence-electron chi connectivity index (χ1n) is 10.1. The molecule has 0 radical (unpaired) electrons.